The number of hydrazine groups is 1. The molecule has 1 unspecified atom stereocenters. The van der Waals surface area contributed by atoms with Crippen LogP contribution in [0.2, 0.25) is 0 Å². The highest BCUT2D eigenvalue weighted by Gasteiger charge is 2.40. The molecule has 1 amide bonds. The predicted molar refractivity (Wildman–Crippen MR) is 122 cm³/mol. The van der Waals surface area contributed by atoms with Gasteiger partial charge in [0.1, 0.15) is 10.4 Å². The number of thiophene rings is 1. The summed E-state index contributed by atoms with van der Waals surface area (Å²) in [7, 11) is 0. The van der Waals surface area contributed by atoms with Crippen LogP contribution in [0.25, 0.3) is 10.2 Å². The molecule has 2 aromatic heterocycles. The van der Waals surface area contributed by atoms with Crippen LogP contribution >= 0.6 is 11.3 Å². The maximum absolute atomic E-state index is 13.8. The van der Waals surface area contributed by atoms with Gasteiger partial charge in [-0.15, -0.1) is 11.3 Å². The molecule has 0 aromatic carbocycles. The molecule has 2 heterocycles. The third-order valence-electron chi connectivity index (χ3n) is 6.04. The first-order chi connectivity index (χ1) is 15.4. The van der Waals surface area contributed by atoms with Crippen molar-refractivity contribution in [2.24, 2.45) is 5.92 Å². The van der Waals surface area contributed by atoms with Gasteiger partial charge in [-0.3, -0.25) is 19.4 Å². The average Bonchev–Trinajstić information content (AvgIpc) is 3.37. The molecule has 11 heteroatoms. The number of carbonyl (C=O) groups is 1. The standard InChI is InChI=1S/C22H30F2N4O4S/c1-12-15(10-25-26-19(30)32-21(2,3)4)33-18-16(12)17(29)28(14-5-6-14)20(31)27(18)11-13-7-8-22(23,24)9-13/h13-14,25H,5-11H2,1-4H3,(H,26,30). The molecule has 0 saturated heterocycles. The number of rotatable bonds is 6. The van der Waals surface area contributed by atoms with Gasteiger partial charge in [0, 0.05) is 36.9 Å². The van der Waals surface area contributed by atoms with E-state index in [0.717, 1.165) is 23.3 Å². The number of nitrogens with zero attached hydrogens (tertiary/aromatic N) is 2. The molecule has 4 rings (SSSR count). The van der Waals surface area contributed by atoms with Crippen LogP contribution in [0.3, 0.4) is 0 Å². The molecule has 2 aromatic rings. The molecule has 2 N–H and O–H groups in total. The smallest absolute Gasteiger partial charge is 0.422 e. The van der Waals surface area contributed by atoms with Gasteiger partial charge >= 0.3 is 11.8 Å². The molecule has 2 aliphatic carbocycles. The largest absolute Gasteiger partial charge is 0.443 e. The highest BCUT2D eigenvalue weighted by Crippen LogP contribution is 2.40. The van der Waals surface area contributed by atoms with Crippen molar-refractivity contribution in [3.8, 4) is 0 Å². The lowest BCUT2D eigenvalue weighted by atomic mass is 10.1. The molecule has 2 saturated carbocycles. The molecule has 182 valence electrons. The summed E-state index contributed by atoms with van der Waals surface area (Å²) < 4.78 is 35.6. The zero-order valence-corrected chi connectivity index (χ0v) is 20.1. The van der Waals surface area contributed by atoms with Crippen LogP contribution in [0, 0.1) is 12.8 Å². The summed E-state index contributed by atoms with van der Waals surface area (Å²) in [5.74, 6) is -3.02. The Bertz CT molecular complexity index is 1190. The highest BCUT2D eigenvalue weighted by molar-refractivity contribution is 7.18. The summed E-state index contributed by atoms with van der Waals surface area (Å²) in [6.45, 7) is 7.47. The first-order valence-electron chi connectivity index (χ1n) is 11.2. The topological polar surface area (TPSA) is 94.4 Å². The van der Waals surface area contributed by atoms with Crippen LogP contribution in [0.15, 0.2) is 9.59 Å². The molecular formula is C22H30F2N4O4S. The second-order valence-corrected chi connectivity index (χ2v) is 11.2. The number of halogens is 2. The molecule has 33 heavy (non-hydrogen) atoms. The Morgan fingerprint density at radius 2 is 1.94 bits per heavy atom. The third kappa shape index (κ3) is 5.13. The maximum Gasteiger partial charge on any atom is 0.422 e. The van der Waals surface area contributed by atoms with Crippen molar-refractivity contribution in [1.82, 2.24) is 20.0 Å². The summed E-state index contributed by atoms with van der Waals surface area (Å²) in [5, 5.41) is 0.449. The Morgan fingerprint density at radius 1 is 1.24 bits per heavy atom. The zero-order chi connectivity index (χ0) is 24.1. The van der Waals surface area contributed by atoms with Gasteiger partial charge in [-0.2, -0.15) is 0 Å². The summed E-state index contributed by atoms with van der Waals surface area (Å²) in [5.41, 5.74) is 4.61. The van der Waals surface area contributed by atoms with Crippen LogP contribution in [0.1, 0.15) is 69.4 Å². The Kier molecular flexibility index (Phi) is 6.15. The molecule has 1 atom stereocenters. The molecule has 0 bridgehead atoms. The van der Waals surface area contributed by atoms with Gasteiger partial charge in [0.05, 0.1) is 5.39 Å². The second kappa shape index (κ2) is 8.50. The number of aromatic nitrogens is 2. The van der Waals surface area contributed by atoms with Crippen molar-refractivity contribution in [2.45, 2.75) is 90.5 Å². The van der Waals surface area contributed by atoms with Crippen molar-refractivity contribution in [3.05, 3.63) is 31.3 Å². The number of alkyl halides is 2. The number of nitrogens with one attached hydrogen (secondary N) is 2. The molecule has 2 fully saturated rings. The minimum Gasteiger partial charge on any atom is -0.443 e. The van der Waals surface area contributed by atoms with E-state index < -0.39 is 23.3 Å². The summed E-state index contributed by atoms with van der Waals surface area (Å²) in [6.07, 6.45) is 0.826. The van der Waals surface area contributed by atoms with E-state index in [0.29, 0.717) is 16.6 Å². The van der Waals surface area contributed by atoms with E-state index >= 15 is 0 Å². The quantitative estimate of drug-likeness (QED) is 0.608. The highest BCUT2D eigenvalue weighted by atomic mass is 32.1. The lowest BCUT2D eigenvalue weighted by Gasteiger charge is -2.19. The molecule has 2 aliphatic rings. The van der Waals surface area contributed by atoms with Crippen LogP contribution in [0.4, 0.5) is 13.6 Å². The van der Waals surface area contributed by atoms with Crippen molar-refractivity contribution < 1.29 is 18.3 Å². The lowest BCUT2D eigenvalue weighted by Crippen LogP contribution is -2.40. The van der Waals surface area contributed by atoms with Crippen LogP contribution in [-0.4, -0.2) is 26.8 Å². The van der Waals surface area contributed by atoms with E-state index in [1.165, 1.54) is 20.5 Å². The summed E-state index contributed by atoms with van der Waals surface area (Å²) in [4.78, 5) is 39.6. The van der Waals surface area contributed by atoms with Crippen LogP contribution in [-0.2, 0) is 17.8 Å². The fourth-order valence-corrected chi connectivity index (χ4v) is 5.59. The number of ether oxygens (including phenoxy) is 1. The first-order valence-corrected chi connectivity index (χ1v) is 12.0. The fourth-order valence-electron chi connectivity index (χ4n) is 4.35. The second-order valence-electron chi connectivity index (χ2n) is 10.1. The first kappa shape index (κ1) is 23.9. The van der Waals surface area contributed by atoms with Gasteiger partial charge in [0.2, 0.25) is 5.92 Å². The van der Waals surface area contributed by atoms with Gasteiger partial charge in [0.25, 0.3) is 5.56 Å². The van der Waals surface area contributed by atoms with Crippen molar-refractivity contribution in [2.75, 3.05) is 0 Å². The van der Waals surface area contributed by atoms with Crippen LogP contribution in [0.5, 0.6) is 0 Å². The minimum atomic E-state index is -2.70. The zero-order valence-electron chi connectivity index (χ0n) is 19.3. The predicted octanol–water partition coefficient (Wildman–Crippen LogP) is 3.83. The summed E-state index contributed by atoms with van der Waals surface area (Å²) in [6, 6.07) is -0.125. The maximum atomic E-state index is 13.8. The summed E-state index contributed by atoms with van der Waals surface area (Å²) >= 11 is 1.28. The molecule has 0 aliphatic heterocycles. The van der Waals surface area contributed by atoms with E-state index in [1.807, 2.05) is 0 Å². The minimum absolute atomic E-state index is 0.125. The van der Waals surface area contributed by atoms with E-state index in [-0.39, 0.29) is 43.5 Å². The van der Waals surface area contributed by atoms with Crippen molar-refractivity contribution in [3.63, 3.8) is 0 Å². The average molecular weight is 485 g/mol. The van der Waals surface area contributed by atoms with Gasteiger partial charge in [-0.25, -0.2) is 23.8 Å². The fraction of sp³-hybridized carbons (Fsp3) is 0.682. The number of aryl methyl sites for hydroxylation is 1. The van der Waals surface area contributed by atoms with Gasteiger partial charge in [-0.1, -0.05) is 0 Å². The molecule has 0 spiro atoms. The monoisotopic (exact) mass is 484 g/mol. The van der Waals surface area contributed by atoms with E-state index in [4.69, 9.17) is 4.74 Å². The number of carbonyl (C=O) groups excluding carboxylic acids is 1. The van der Waals surface area contributed by atoms with E-state index in [2.05, 4.69) is 10.9 Å². The van der Waals surface area contributed by atoms with E-state index in [1.54, 1.807) is 27.7 Å². The van der Waals surface area contributed by atoms with E-state index in [9.17, 15) is 23.2 Å². The van der Waals surface area contributed by atoms with Gasteiger partial charge in [0.15, 0.2) is 0 Å². The number of hydrogen-bond donors (Lipinski definition) is 2. The molecule has 0 radical (unpaired) electrons. The lowest BCUT2D eigenvalue weighted by molar-refractivity contribution is 0.00432. The Labute approximate surface area is 193 Å². The Balaban J connectivity index is 1.65. The van der Waals surface area contributed by atoms with Crippen molar-refractivity contribution >= 4 is 27.6 Å². The molecular weight excluding hydrogens is 454 g/mol. The third-order valence-corrected chi connectivity index (χ3v) is 7.35. The van der Waals surface area contributed by atoms with Gasteiger partial charge in [-0.05, 0) is 58.4 Å². The van der Waals surface area contributed by atoms with Crippen molar-refractivity contribution in [1.29, 1.82) is 0 Å². The Hall–Kier alpha value is -2.27. The number of amides is 1. The Morgan fingerprint density at radius 3 is 2.52 bits per heavy atom. The van der Waals surface area contributed by atoms with Crippen LogP contribution < -0.4 is 22.1 Å². The van der Waals surface area contributed by atoms with Gasteiger partial charge < -0.3 is 4.74 Å². The number of fused-ring (bicyclic) bond motifs is 1. The normalized spacial score (nSPS) is 20.4. The molecule has 8 nitrogen and oxygen atoms in total. The number of hydrogen-bond acceptors (Lipinski definition) is 6. The SMILES string of the molecule is Cc1c(CNNC(=O)OC(C)(C)C)sc2c1c(=O)n(C1CC1)c(=O)n2CC1CCC(F)(F)C1.